The first kappa shape index (κ1) is 18.9. The molecule has 1 unspecified atom stereocenters. The summed E-state index contributed by atoms with van der Waals surface area (Å²) in [4.78, 5) is 26.2. The van der Waals surface area contributed by atoms with Gasteiger partial charge in [0.25, 0.3) is 5.91 Å². The van der Waals surface area contributed by atoms with Crippen molar-refractivity contribution in [3.8, 4) is 0 Å². The first-order valence-electron chi connectivity index (χ1n) is 9.67. The highest BCUT2D eigenvalue weighted by Gasteiger charge is 2.40. The lowest BCUT2D eigenvalue weighted by molar-refractivity contribution is -0.146. The third-order valence-electron chi connectivity index (χ3n) is 5.86. The van der Waals surface area contributed by atoms with Crippen molar-refractivity contribution in [1.29, 1.82) is 0 Å². The molecule has 1 atom stereocenters. The normalized spacial score (nSPS) is 19.9. The number of amides is 2. The van der Waals surface area contributed by atoms with Gasteiger partial charge >= 0.3 is 0 Å². The second-order valence-corrected chi connectivity index (χ2v) is 7.66. The first-order chi connectivity index (χ1) is 12.5. The minimum absolute atomic E-state index is 0.178. The molecule has 0 saturated carbocycles. The number of fused-ring (bicyclic) bond motifs is 1. The molecule has 1 aromatic heterocycles. The molecule has 0 bridgehead atoms. The zero-order chi connectivity index (χ0) is 18.7. The summed E-state index contributed by atoms with van der Waals surface area (Å²) in [6.07, 6.45) is 4.36. The zero-order valence-corrected chi connectivity index (χ0v) is 16.1. The molecule has 26 heavy (non-hydrogen) atoms. The number of hydrogen-bond acceptors (Lipinski definition) is 4. The number of likely N-dealkylation sites (tertiary alicyclic amines) is 1. The molecule has 7 nitrogen and oxygen atoms in total. The fourth-order valence-electron chi connectivity index (χ4n) is 3.69. The summed E-state index contributed by atoms with van der Waals surface area (Å²) in [6.45, 7) is 6.94. The molecular formula is C19H30N4O3. The molecule has 0 aromatic carbocycles. The van der Waals surface area contributed by atoms with Crippen molar-refractivity contribution in [3.05, 3.63) is 17.5 Å². The largest absolute Gasteiger partial charge is 0.367 e. The van der Waals surface area contributed by atoms with E-state index in [4.69, 9.17) is 4.74 Å². The summed E-state index contributed by atoms with van der Waals surface area (Å²) in [5, 5.41) is 7.03. The highest BCUT2D eigenvalue weighted by atomic mass is 16.5. The summed E-state index contributed by atoms with van der Waals surface area (Å²) in [5.41, 5.74) is 1.09. The van der Waals surface area contributed by atoms with Crippen molar-refractivity contribution in [2.45, 2.75) is 64.7 Å². The van der Waals surface area contributed by atoms with Crippen molar-refractivity contribution in [1.82, 2.24) is 20.0 Å². The van der Waals surface area contributed by atoms with Gasteiger partial charge in [-0.1, -0.05) is 20.3 Å². The summed E-state index contributed by atoms with van der Waals surface area (Å²) < 4.78 is 8.07. The highest BCUT2D eigenvalue weighted by Crippen LogP contribution is 2.33. The van der Waals surface area contributed by atoms with E-state index in [9.17, 15) is 9.59 Å². The Labute approximate surface area is 155 Å². The molecule has 1 N–H and O–H groups in total. The summed E-state index contributed by atoms with van der Waals surface area (Å²) in [6, 6.07) is 1.79. The molecule has 2 aliphatic rings. The number of aromatic nitrogens is 2. The van der Waals surface area contributed by atoms with E-state index in [1.54, 1.807) is 13.1 Å². The van der Waals surface area contributed by atoms with Gasteiger partial charge in [-0.25, -0.2) is 0 Å². The highest BCUT2D eigenvalue weighted by molar-refractivity contribution is 5.92. The molecule has 1 saturated heterocycles. The van der Waals surface area contributed by atoms with Crippen LogP contribution in [0, 0.1) is 5.92 Å². The Morgan fingerprint density at radius 1 is 1.38 bits per heavy atom. The first-order valence-corrected chi connectivity index (χ1v) is 9.67. The average Bonchev–Trinajstić information content (AvgIpc) is 3.08. The Kier molecular flexibility index (Phi) is 5.65. The topological polar surface area (TPSA) is 76.5 Å². The van der Waals surface area contributed by atoms with Crippen molar-refractivity contribution in [2.24, 2.45) is 5.92 Å². The lowest BCUT2D eigenvalue weighted by Crippen LogP contribution is -2.52. The van der Waals surface area contributed by atoms with Gasteiger partial charge in [-0.15, -0.1) is 0 Å². The molecule has 1 spiro atoms. The van der Waals surface area contributed by atoms with Crippen LogP contribution >= 0.6 is 0 Å². The van der Waals surface area contributed by atoms with Gasteiger partial charge in [0, 0.05) is 26.6 Å². The number of carbonyl (C=O) groups is 2. The van der Waals surface area contributed by atoms with E-state index in [1.165, 1.54) is 0 Å². The lowest BCUT2D eigenvalue weighted by Gasteiger charge is -2.43. The molecule has 1 fully saturated rings. The van der Waals surface area contributed by atoms with Crippen molar-refractivity contribution in [3.63, 3.8) is 0 Å². The van der Waals surface area contributed by atoms with E-state index < -0.39 is 0 Å². The molecule has 0 aliphatic carbocycles. The molecule has 2 amide bonds. The van der Waals surface area contributed by atoms with Crippen LogP contribution in [-0.4, -0.2) is 52.2 Å². The van der Waals surface area contributed by atoms with Gasteiger partial charge < -0.3 is 15.0 Å². The Balaban J connectivity index is 1.57. The standard InChI is InChI=1S/C19H30N4O3/c1-4-14(2)5-6-17(24)22-9-7-19(8-10-22)13-23-15(12-26-19)11-16(21-23)18(25)20-3/h11,14H,4-10,12-13H2,1-3H3,(H,20,25). The number of nitrogens with zero attached hydrogens (tertiary/aromatic N) is 3. The average molecular weight is 362 g/mol. The number of piperidine rings is 1. The third-order valence-corrected chi connectivity index (χ3v) is 5.86. The number of rotatable bonds is 5. The number of nitrogens with one attached hydrogen (secondary N) is 1. The summed E-state index contributed by atoms with van der Waals surface area (Å²) >= 11 is 0. The SMILES string of the molecule is CCC(C)CCC(=O)N1CCC2(CC1)Cn1nc(C(=O)NC)cc1CO2. The van der Waals surface area contributed by atoms with Crippen molar-refractivity contribution < 1.29 is 14.3 Å². The molecule has 3 heterocycles. The van der Waals surface area contributed by atoms with Crippen molar-refractivity contribution in [2.75, 3.05) is 20.1 Å². The second-order valence-electron chi connectivity index (χ2n) is 7.66. The van der Waals surface area contributed by atoms with E-state index in [0.29, 0.717) is 31.2 Å². The predicted octanol–water partition coefficient (Wildman–Crippen LogP) is 1.96. The van der Waals surface area contributed by atoms with Crippen LogP contribution in [0.2, 0.25) is 0 Å². The quantitative estimate of drug-likeness (QED) is 0.869. The number of hydrogen-bond donors (Lipinski definition) is 1. The van der Waals surface area contributed by atoms with Crippen LogP contribution in [0.1, 0.15) is 62.1 Å². The number of carbonyl (C=O) groups excluding carboxylic acids is 2. The van der Waals surface area contributed by atoms with E-state index >= 15 is 0 Å². The predicted molar refractivity (Wildman–Crippen MR) is 97.6 cm³/mol. The molecular weight excluding hydrogens is 332 g/mol. The molecule has 2 aliphatic heterocycles. The summed E-state index contributed by atoms with van der Waals surface area (Å²) in [7, 11) is 1.60. The van der Waals surface area contributed by atoms with Crippen LogP contribution in [0.25, 0.3) is 0 Å². The minimum atomic E-state index is -0.271. The van der Waals surface area contributed by atoms with Gasteiger partial charge in [0.05, 0.1) is 24.4 Å². The fraction of sp³-hybridized carbons (Fsp3) is 0.737. The van der Waals surface area contributed by atoms with E-state index in [0.717, 1.165) is 44.5 Å². The minimum Gasteiger partial charge on any atom is -0.367 e. The van der Waals surface area contributed by atoms with Gasteiger partial charge in [-0.3, -0.25) is 14.3 Å². The Hall–Kier alpha value is -1.89. The fourth-order valence-corrected chi connectivity index (χ4v) is 3.69. The third kappa shape index (κ3) is 3.92. The van der Waals surface area contributed by atoms with Gasteiger partial charge in [0.2, 0.25) is 5.91 Å². The van der Waals surface area contributed by atoms with Gasteiger partial charge in [0.15, 0.2) is 5.69 Å². The van der Waals surface area contributed by atoms with Crippen LogP contribution in [0.3, 0.4) is 0 Å². The molecule has 1 aromatic rings. The summed E-state index contributed by atoms with van der Waals surface area (Å²) in [5.74, 6) is 0.685. The maximum absolute atomic E-state index is 12.4. The van der Waals surface area contributed by atoms with Crippen LogP contribution in [0.4, 0.5) is 0 Å². The molecule has 0 radical (unpaired) electrons. The van der Waals surface area contributed by atoms with Crippen LogP contribution < -0.4 is 5.32 Å². The molecule has 3 rings (SSSR count). The molecule has 7 heteroatoms. The van der Waals surface area contributed by atoms with E-state index in [2.05, 4.69) is 24.3 Å². The van der Waals surface area contributed by atoms with Gasteiger partial charge in [0.1, 0.15) is 0 Å². The van der Waals surface area contributed by atoms with Gasteiger partial charge in [-0.2, -0.15) is 5.10 Å². The Bertz CT molecular complexity index is 662. The monoisotopic (exact) mass is 362 g/mol. The van der Waals surface area contributed by atoms with Crippen molar-refractivity contribution >= 4 is 11.8 Å². The Morgan fingerprint density at radius 3 is 2.77 bits per heavy atom. The van der Waals surface area contributed by atoms with E-state index in [1.807, 2.05) is 9.58 Å². The van der Waals surface area contributed by atoms with Gasteiger partial charge in [-0.05, 0) is 31.2 Å². The Morgan fingerprint density at radius 2 is 2.12 bits per heavy atom. The van der Waals surface area contributed by atoms with Crippen LogP contribution in [0.5, 0.6) is 0 Å². The number of ether oxygens (including phenoxy) is 1. The van der Waals surface area contributed by atoms with Crippen LogP contribution in [0.15, 0.2) is 6.07 Å². The zero-order valence-electron chi connectivity index (χ0n) is 16.1. The second kappa shape index (κ2) is 7.78. The van der Waals surface area contributed by atoms with E-state index in [-0.39, 0.29) is 17.4 Å². The molecule has 144 valence electrons. The lowest BCUT2D eigenvalue weighted by atomic mass is 9.89. The maximum Gasteiger partial charge on any atom is 0.271 e. The van der Waals surface area contributed by atoms with Crippen LogP contribution in [-0.2, 0) is 22.7 Å². The maximum atomic E-state index is 12.4. The smallest absolute Gasteiger partial charge is 0.271 e.